The molecule has 0 saturated carbocycles. The molecule has 19 heavy (non-hydrogen) atoms. The lowest BCUT2D eigenvalue weighted by atomic mass is 10.3. The highest BCUT2D eigenvalue weighted by molar-refractivity contribution is 7.93. The van der Waals surface area contributed by atoms with E-state index in [1.165, 1.54) is 35.4 Å². The minimum Gasteiger partial charge on any atom is -0.388 e. The fraction of sp³-hybridized carbons (Fsp3) is 0.100. The van der Waals surface area contributed by atoms with Crippen molar-refractivity contribution >= 4 is 32.9 Å². The molecule has 9 heteroatoms. The number of nitrogens with one attached hydrogen (secondary N) is 1. The van der Waals surface area contributed by atoms with Crippen LogP contribution < -0.4 is 10.5 Å². The maximum atomic E-state index is 12.2. The number of nitrogens with zero attached hydrogens (tertiary/aromatic N) is 3. The van der Waals surface area contributed by atoms with Crippen LogP contribution in [0.25, 0.3) is 0 Å². The fourth-order valence-corrected chi connectivity index (χ4v) is 2.90. The lowest BCUT2D eigenvalue weighted by Crippen LogP contribution is -2.20. The molecular weight excluding hydrogens is 286 g/mol. The highest BCUT2D eigenvalue weighted by Crippen LogP contribution is 2.17. The lowest BCUT2D eigenvalue weighted by Gasteiger charge is -2.09. The van der Waals surface area contributed by atoms with Gasteiger partial charge in [-0.3, -0.25) is 14.4 Å². The summed E-state index contributed by atoms with van der Waals surface area (Å²) in [7, 11) is -2.13. The predicted molar refractivity (Wildman–Crippen MR) is 74.1 cm³/mol. The van der Waals surface area contributed by atoms with Gasteiger partial charge in [-0.15, -0.1) is 0 Å². The van der Waals surface area contributed by atoms with E-state index in [0.29, 0.717) is 5.69 Å². The van der Waals surface area contributed by atoms with E-state index in [-0.39, 0.29) is 15.6 Å². The molecular formula is C10H11N5O2S2. The molecule has 7 nitrogen and oxygen atoms in total. The van der Waals surface area contributed by atoms with Crippen LogP contribution in [0.5, 0.6) is 0 Å². The predicted octanol–water partition coefficient (Wildman–Crippen LogP) is 0.250. The average Bonchev–Trinajstić information content (AvgIpc) is 2.74. The summed E-state index contributed by atoms with van der Waals surface area (Å²) in [4.78, 5) is 3.74. The van der Waals surface area contributed by atoms with Crippen molar-refractivity contribution in [1.82, 2.24) is 14.8 Å². The molecule has 0 bridgehead atoms. The molecule has 2 rings (SSSR count). The van der Waals surface area contributed by atoms with Crippen molar-refractivity contribution in [1.29, 1.82) is 0 Å². The van der Waals surface area contributed by atoms with E-state index in [2.05, 4.69) is 14.8 Å². The van der Waals surface area contributed by atoms with Gasteiger partial charge in [-0.25, -0.2) is 8.42 Å². The van der Waals surface area contributed by atoms with Crippen molar-refractivity contribution in [3.8, 4) is 0 Å². The van der Waals surface area contributed by atoms with Gasteiger partial charge >= 0.3 is 0 Å². The van der Waals surface area contributed by atoms with Crippen molar-refractivity contribution < 1.29 is 8.42 Å². The molecule has 0 radical (unpaired) electrons. The van der Waals surface area contributed by atoms with Crippen LogP contribution in [0.2, 0.25) is 0 Å². The van der Waals surface area contributed by atoms with E-state index in [1.807, 2.05) is 0 Å². The van der Waals surface area contributed by atoms with Crippen LogP contribution in [0.4, 0.5) is 5.69 Å². The van der Waals surface area contributed by atoms with Gasteiger partial charge in [0.25, 0.3) is 10.0 Å². The molecule has 100 valence electrons. The van der Waals surface area contributed by atoms with Crippen LogP contribution in [0.15, 0.2) is 35.6 Å². The third kappa shape index (κ3) is 2.88. The standard InChI is InChI=1S/C10H11N5O2S2/c1-15-6-7(5-13-15)14-19(16,17)8-3-2-4-12-9(8)10(11)18/h2-6,14H,1H3,(H2,11,18). The topological polar surface area (TPSA) is 103 Å². The first-order valence-corrected chi connectivity index (χ1v) is 7.05. The van der Waals surface area contributed by atoms with Gasteiger partial charge in [0.15, 0.2) is 0 Å². The Morgan fingerprint density at radius 3 is 2.84 bits per heavy atom. The van der Waals surface area contributed by atoms with Gasteiger partial charge in [0.2, 0.25) is 0 Å². The zero-order valence-corrected chi connectivity index (χ0v) is 11.6. The van der Waals surface area contributed by atoms with E-state index < -0.39 is 10.0 Å². The minimum absolute atomic E-state index is 0.0636. The van der Waals surface area contributed by atoms with Crippen molar-refractivity contribution in [2.75, 3.05) is 4.72 Å². The van der Waals surface area contributed by atoms with Gasteiger partial charge in [0.05, 0.1) is 11.9 Å². The van der Waals surface area contributed by atoms with Gasteiger partial charge < -0.3 is 5.73 Å². The third-order valence-electron chi connectivity index (χ3n) is 2.25. The summed E-state index contributed by atoms with van der Waals surface area (Å²) in [5.41, 5.74) is 5.88. The molecule has 2 aromatic rings. The van der Waals surface area contributed by atoms with Crippen LogP contribution in [-0.2, 0) is 17.1 Å². The molecule has 0 aliphatic carbocycles. The first kappa shape index (κ1) is 13.4. The van der Waals surface area contributed by atoms with Gasteiger partial charge in [0, 0.05) is 19.4 Å². The van der Waals surface area contributed by atoms with Crippen molar-refractivity contribution in [2.24, 2.45) is 12.8 Å². The first-order valence-electron chi connectivity index (χ1n) is 5.16. The number of pyridine rings is 1. The maximum absolute atomic E-state index is 12.2. The van der Waals surface area contributed by atoms with Crippen molar-refractivity contribution in [3.05, 3.63) is 36.4 Å². The Kier molecular flexibility index (Phi) is 3.49. The number of thiocarbonyl (C=S) groups is 1. The number of sulfonamides is 1. The Labute approximate surface area is 115 Å². The summed E-state index contributed by atoms with van der Waals surface area (Å²) in [5.74, 6) is 0. The van der Waals surface area contributed by atoms with Gasteiger partial charge in [0.1, 0.15) is 15.6 Å². The number of hydrogen-bond acceptors (Lipinski definition) is 5. The summed E-state index contributed by atoms with van der Waals surface area (Å²) in [5, 5.41) is 3.88. The number of aromatic nitrogens is 3. The van der Waals surface area contributed by atoms with E-state index in [4.69, 9.17) is 18.0 Å². The Bertz CT molecular complexity index is 723. The highest BCUT2D eigenvalue weighted by Gasteiger charge is 2.21. The van der Waals surface area contributed by atoms with Crippen molar-refractivity contribution in [2.45, 2.75) is 4.90 Å². The summed E-state index contributed by atoms with van der Waals surface area (Å²) in [6.45, 7) is 0. The molecule has 0 atom stereocenters. The van der Waals surface area contributed by atoms with E-state index in [9.17, 15) is 8.42 Å². The minimum atomic E-state index is -3.81. The number of aryl methyl sites for hydroxylation is 1. The van der Waals surface area contributed by atoms with Gasteiger partial charge in [-0.05, 0) is 12.1 Å². The maximum Gasteiger partial charge on any atom is 0.264 e. The molecule has 2 aromatic heterocycles. The second-order valence-electron chi connectivity index (χ2n) is 3.72. The molecule has 0 aliphatic rings. The zero-order valence-electron chi connectivity index (χ0n) is 9.94. The van der Waals surface area contributed by atoms with Crippen LogP contribution in [0.3, 0.4) is 0 Å². The molecule has 0 saturated heterocycles. The largest absolute Gasteiger partial charge is 0.388 e. The van der Waals surface area contributed by atoms with E-state index in [1.54, 1.807) is 7.05 Å². The Morgan fingerprint density at radius 1 is 1.53 bits per heavy atom. The van der Waals surface area contributed by atoms with Crippen LogP contribution in [-0.4, -0.2) is 28.2 Å². The smallest absolute Gasteiger partial charge is 0.264 e. The number of hydrogen-bond donors (Lipinski definition) is 2. The molecule has 2 heterocycles. The normalized spacial score (nSPS) is 11.2. The summed E-state index contributed by atoms with van der Waals surface area (Å²) in [6, 6.07) is 2.89. The summed E-state index contributed by atoms with van der Waals surface area (Å²) < 4.78 is 28.3. The van der Waals surface area contributed by atoms with E-state index >= 15 is 0 Å². The monoisotopic (exact) mass is 297 g/mol. The fourth-order valence-electron chi connectivity index (χ4n) is 1.48. The zero-order chi connectivity index (χ0) is 14.0. The van der Waals surface area contributed by atoms with Crippen LogP contribution >= 0.6 is 12.2 Å². The third-order valence-corrected chi connectivity index (χ3v) is 3.86. The average molecular weight is 297 g/mol. The summed E-state index contributed by atoms with van der Waals surface area (Å²) >= 11 is 4.79. The Morgan fingerprint density at radius 2 is 2.26 bits per heavy atom. The van der Waals surface area contributed by atoms with Crippen LogP contribution in [0.1, 0.15) is 5.69 Å². The molecule has 0 unspecified atom stereocenters. The first-order chi connectivity index (χ1) is 8.90. The van der Waals surface area contributed by atoms with Crippen molar-refractivity contribution in [3.63, 3.8) is 0 Å². The molecule has 0 fully saturated rings. The number of nitrogens with two attached hydrogens (primary N) is 1. The Hall–Kier alpha value is -2.00. The van der Waals surface area contributed by atoms with E-state index in [0.717, 1.165) is 0 Å². The molecule has 0 aromatic carbocycles. The Balaban J connectivity index is 2.43. The van der Waals surface area contributed by atoms with Gasteiger partial charge in [-0.1, -0.05) is 12.2 Å². The quantitative estimate of drug-likeness (QED) is 0.784. The SMILES string of the molecule is Cn1cc(NS(=O)(=O)c2cccnc2C(N)=S)cn1. The number of rotatable bonds is 4. The molecule has 3 N–H and O–H groups in total. The molecule has 0 aliphatic heterocycles. The lowest BCUT2D eigenvalue weighted by molar-refractivity contribution is 0.600. The number of anilines is 1. The second kappa shape index (κ2) is 4.94. The molecule has 0 spiro atoms. The highest BCUT2D eigenvalue weighted by atomic mass is 32.2. The van der Waals surface area contributed by atoms with Crippen LogP contribution in [0, 0.1) is 0 Å². The van der Waals surface area contributed by atoms with Gasteiger partial charge in [-0.2, -0.15) is 5.10 Å². The summed E-state index contributed by atoms with van der Waals surface area (Å²) in [6.07, 6.45) is 4.36. The molecule has 0 amide bonds. The second-order valence-corrected chi connectivity index (χ2v) is 5.81.